The van der Waals surface area contributed by atoms with Crippen molar-refractivity contribution < 1.29 is 14.0 Å². The lowest BCUT2D eigenvalue weighted by molar-refractivity contribution is -0.122. The highest BCUT2D eigenvalue weighted by Gasteiger charge is 2.17. The summed E-state index contributed by atoms with van der Waals surface area (Å²) in [6, 6.07) is 5.46. The summed E-state index contributed by atoms with van der Waals surface area (Å²) in [6.45, 7) is 3.87. The number of rotatable bonds is 5. The van der Waals surface area contributed by atoms with Crippen LogP contribution in [0.1, 0.15) is 24.2 Å². The molecule has 0 saturated heterocycles. The molecule has 7 heteroatoms. The number of halogens is 1. The van der Waals surface area contributed by atoms with Gasteiger partial charge in [0.1, 0.15) is 17.5 Å². The minimum atomic E-state index is -0.663. The number of likely N-dealkylation sites (N-methyl/N-ethyl adjacent to an activating group) is 1. The highest BCUT2D eigenvalue weighted by molar-refractivity contribution is 5.97. The van der Waals surface area contributed by atoms with Gasteiger partial charge in [-0.2, -0.15) is 5.10 Å². The molecule has 0 spiro atoms. The molecule has 1 aromatic carbocycles. The summed E-state index contributed by atoms with van der Waals surface area (Å²) < 4.78 is 15.0. The number of aromatic nitrogens is 2. The summed E-state index contributed by atoms with van der Waals surface area (Å²) in [4.78, 5) is 23.6. The molecule has 0 fully saturated rings. The van der Waals surface area contributed by atoms with Crippen LogP contribution in [0.5, 0.6) is 0 Å². The third-order valence-corrected chi connectivity index (χ3v) is 3.04. The van der Waals surface area contributed by atoms with Gasteiger partial charge in [-0.3, -0.25) is 9.59 Å². The fourth-order valence-electron chi connectivity index (χ4n) is 1.88. The van der Waals surface area contributed by atoms with Gasteiger partial charge in [-0.15, -0.1) is 0 Å². The van der Waals surface area contributed by atoms with Gasteiger partial charge in [0.2, 0.25) is 5.91 Å². The zero-order chi connectivity index (χ0) is 16.1. The maximum Gasteiger partial charge on any atom is 0.255 e. The van der Waals surface area contributed by atoms with Crippen molar-refractivity contribution in [3.8, 4) is 5.69 Å². The third kappa shape index (κ3) is 3.49. The smallest absolute Gasteiger partial charge is 0.255 e. The molecule has 0 radical (unpaired) electrons. The molecule has 0 aliphatic carbocycles. The van der Waals surface area contributed by atoms with Gasteiger partial charge in [0.05, 0.1) is 11.8 Å². The monoisotopic (exact) mass is 304 g/mol. The number of hydrogen-bond donors (Lipinski definition) is 2. The first-order valence-electron chi connectivity index (χ1n) is 6.91. The number of nitrogens with one attached hydrogen (secondary N) is 2. The largest absolute Gasteiger partial charge is 0.355 e. The van der Waals surface area contributed by atoms with Crippen molar-refractivity contribution in [3.63, 3.8) is 0 Å². The van der Waals surface area contributed by atoms with Gasteiger partial charge in [0.25, 0.3) is 5.91 Å². The van der Waals surface area contributed by atoms with E-state index >= 15 is 0 Å². The van der Waals surface area contributed by atoms with Crippen LogP contribution in [0.15, 0.2) is 36.7 Å². The molecule has 1 aromatic heterocycles. The molecule has 22 heavy (non-hydrogen) atoms. The average Bonchev–Trinajstić information content (AvgIpc) is 2.97. The number of hydrogen-bond acceptors (Lipinski definition) is 3. The van der Waals surface area contributed by atoms with E-state index in [1.54, 1.807) is 32.0 Å². The second-order valence-electron chi connectivity index (χ2n) is 4.71. The van der Waals surface area contributed by atoms with E-state index in [1.165, 1.54) is 23.1 Å². The quantitative estimate of drug-likeness (QED) is 0.873. The molecule has 1 unspecified atom stereocenters. The van der Waals surface area contributed by atoms with Gasteiger partial charge < -0.3 is 10.6 Å². The Labute approximate surface area is 127 Å². The molecule has 2 N–H and O–H groups in total. The van der Waals surface area contributed by atoms with Crippen LogP contribution in [-0.2, 0) is 4.79 Å². The van der Waals surface area contributed by atoms with E-state index in [4.69, 9.17) is 0 Å². The van der Waals surface area contributed by atoms with E-state index in [1.807, 2.05) is 0 Å². The van der Waals surface area contributed by atoms with Crippen LogP contribution in [0.4, 0.5) is 4.39 Å². The minimum Gasteiger partial charge on any atom is -0.355 e. The zero-order valence-electron chi connectivity index (χ0n) is 12.3. The predicted molar refractivity (Wildman–Crippen MR) is 79.1 cm³/mol. The maximum atomic E-state index is 13.7. The summed E-state index contributed by atoms with van der Waals surface area (Å²) in [6.07, 6.45) is 2.74. The number of nitrogens with zero attached hydrogens (tertiary/aromatic N) is 2. The molecule has 6 nitrogen and oxygen atoms in total. The van der Waals surface area contributed by atoms with Crippen molar-refractivity contribution in [1.29, 1.82) is 0 Å². The van der Waals surface area contributed by atoms with Crippen LogP contribution < -0.4 is 10.6 Å². The number of carbonyl (C=O) groups is 2. The van der Waals surface area contributed by atoms with E-state index in [0.717, 1.165) is 0 Å². The normalized spacial score (nSPS) is 11.8. The molecule has 0 bridgehead atoms. The van der Waals surface area contributed by atoms with E-state index in [0.29, 0.717) is 6.54 Å². The molecular weight excluding hydrogens is 287 g/mol. The first-order valence-corrected chi connectivity index (χ1v) is 6.91. The number of benzene rings is 1. The average molecular weight is 304 g/mol. The van der Waals surface area contributed by atoms with Gasteiger partial charge in [-0.1, -0.05) is 12.1 Å². The Morgan fingerprint density at radius 2 is 2.09 bits per heavy atom. The molecule has 0 saturated carbocycles. The van der Waals surface area contributed by atoms with Crippen molar-refractivity contribution in [1.82, 2.24) is 20.4 Å². The summed E-state index contributed by atoms with van der Waals surface area (Å²) >= 11 is 0. The van der Waals surface area contributed by atoms with Gasteiger partial charge in [-0.05, 0) is 26.0 Å². The molecular formula is C15H17FN4O2. The highest BCUT2D eigenvalue weighted by Crippen LogP contribution is 2.12. The lowest BCUT2D eigenvalue weighted by atomic mass is 10.2. The van der Waals surface area contributed by atoms with Crippen molar-refractivity contribution >= 4 is 11.8 Å². The Kier molecular flexibility index (Phi) is 4.88. The maximum absolute atomic E-state index is 13.7. The van der Waals surface area contributed by atoms with Crippen molar-refractivity contribution in [2.45, 2.75) is 19.9 Å². The predicted octanol–water partition coefficient (Wildman–Crippen LogP) is 1.27. The summed E-state index contributed by atoms with van der Waals surface area (Å²) in [7, 11) is 0. The first-order chi connectivity index (χ1) is 10.5. The molecule has 2 aromatic rings. The van der Waals surface area contributed by atoms with E-state index < -0.39 is 17.8 Å². The van der Waals surface area contributed by atoms with Crippen molar-refractivity contribution in [2.24, 2.45) is 0 Å². The van der Waals surface area contributed by atoms with Gasteiger partial charge in [0.15, 0.2) is 0 Å². The van der Waals surface area contributed by atoms with E-state index in [9.17, 15) is 14.0 Å². The van der Waals surface area contributed by atoms with Crippen LogP contribution in [-0.4, -0.2) is 34.2 Å². The van der Waals surface area contributed by atoms with Crippen LogP contribution in [0.2, 0.25) is 0 Å². The van der Waals surface area contributed by atoms with Crippen molar-refractivity contribution in [3.05, 3.63) is 48.0 Å². The second kappa shape index (κ2) is 6.84. The summed E-state index contributed by atoms with van der Waals surface area (Å²) in [5.74, 6) is -1.15. The topological polar surface area (TPSA) is 76.0 Å². The Morgan fingerprint density at radius 1 is 1.36 bits per heavy atom. The Bertz CT molecular complexity index is 684. The standard InChI is InChI=1S/C15H17FN4O2/c1-3-17-14(21)10(2)19-15(22)11-8-18-20(9-11)13-7-5-4-6-12(13)16/h4-10H,3H2,1-2H3,(H,17,21)(H,19,22). The minimum absolute atomic E-state index is 0.248. The lowest BCUT2D eigenvalue weighted by Gasteiger charge is -2.12. The van der Waals surface area contributed by atoms with Gasteiger partial charge >= 0.3 is 0 Å². The molecule has 0 aliphatic rings. The summed E-state index contributed by atoms with van der Waals surface area (Å²) in [5, 5.41) is 9.15. The Hall–Kier alpha value is -2.70. The Balaban J connectivity index is 2.10. The van der Waals surface area contributed by atoms with Crippen LogP contribution in [0, 0.1) is 5.82 Å². The molecule has 116 valence electrons. The Morgan fingerprint density at radius 3 is 2.77 bits per heavy atom. The molecule has 1 atom stereocenters. The molecule has 2 amide bonds. The van der Waals surface area contributed by atoms with E-state index in [2.05, 4.69) is 15.7 Å². The van der Waals surface area contributed by atoms with Crippen LogP contribution >= 0.6 is 0 Å². The number of para-hydroxylation sites is 1. The fourth-order valence-corrected chi connectivity index (χ4v) is 1.88. The SMILES string of the molecule is CCNC(=O)C(C)NC(=O)c1cnn(-c2ccccc2F)c1. The second-order valence-corrected chi connectivity index (χ2v) is 4.71. The van der Waals surface area contributed by atoms with Crippen molar-refractivity contribution in [2.75, 3.05) is 6.54 Å². The van der Waals surface area contributed by atoms with Crippen LogP contribution in [0.3, 0.4) is 0 Å². The zero-order valence-corrected chi connectivity index (χ0v) is 12.3. The van der Waals surface area contributed by atoms with E-state index in [-0.39, 0.29) is 17.2 Å². The van der Waals surface area contributed by atoms with Gasteiger partial charge in [-0.25, -0.2) is 9.07 Å². The fraction of sp³-hybridized carbons (Fsp3) is 0.267. The molecule has 0 aliphatic heterocycles. The third-order valence-electron chi connectivity index (χ3n) is 3.04. The molecule has 2 rings (SSSR count). The highest BCUT2D eigenvalue weighted by atomic mass is 19.1. The van der Waals surface area contributed by atoms with Crippen LogP contribution in [0.25, 0.3) is 5.69 Å². The number of amides is 2. The lowest BCUT2D eigenvalue weighted by Crippen LogP contribution is -2.44. The summed E-state index contributed by atoms with van der Waals surface area (Å²) in [5.41, 5.74) is 0.498. The first kappa shape index (κ1) is 15.7. The number of carbonyl (C=O) groups excluding carboxylic acids is 2. The van der Waals surface area contributed by atoms with Gasteiger partial charge in [0, 0.05) is 12.7 Å². The molecule has 1 heterocycles.